The first-order valence-electron chi connectivity index (χ1n) is 7.75. The van der Waals surface area contributed by atoms with Gasteiger partial charge in [0.15, 0.2) is 9.84 Å². The van der Waals surface area contributed by atoms with Gasteiger partial charge in [-0.25, -0.2) is 8.42 Å². The Balaban J connectivity index is 1.90. The average molecular weight is 324 g/mol. The molecule has 0 bridgehead atoms. The zero-order valence-electron chi connectivity index (χ0n) is 13.2. The van der Waals surface area contributed by atoms with Crippen LogP contribution in [0, 0.1) is 0 Å². The van der Waals surface area contributed by atoms with Crippen molar-refractivity contribution >= 4 is 15.7 Å². The highest BCUT2D eigenvalue weighted by Crippen LogP contribution is 2.14. The molecular weight excluding hydrogens is 300 g/mol. The quantitative estimate of drug-likeness (QED) is 0.885. The lowest BCUT2D eigenvalue weighted by atomic mass is 10.1. The molecule has 1 heterocycles. The fourth-order valence-corrected chi connectivity index (χ4v) is 3.48. The first kappa shape index (κ1) is 17.0. The summed E-state index contributed by atoms with van der Waals surface area (Å²) in [6, 6.07) is 7.21. The maximum absolute atomic E-state index is 12.2. The third-order valence-electron chi connectivity index (χ3n) is 4.01. The molecule has 1 aromatic carbocycles. The molecule has 0 aromatic heterocycles. The Kier molecular flexibility index (Phi) is 5.58. The molecule has 1 aromatic rings. The van der Waals surface area contributed by atoms with Gasteiger partial charge in [0, 0.05) is 32.1 Å². The van der Waals surface area contributed by atoms with Gasteiger partial charge in [0.2, 0.25) is 5.91 Å². The van der Waals surface area contributed by atoms with Gasteiger partial charge in [-0.05, 0) is 31.0 Å². The summed E-state index contributed by atoms with van der Waals surface area (Å²) in [6.07, 6.45) is 1.11. The molecule has 1 aliphatic heterocycles. The van der Waals surface area contributed by atoms with Crippen LogP contribution in [-0.4, -0.2) is 50.7 Å². The van der Waals surface area contributed by atoms with Crippen LogP contribution in [0.15, 0.2) is 29.2 Å². The molecule has 22 heavy (non-hydrogen) atoms. The van der Waals surface area contributed by atoms with Gasteiger partial charge in [0.1, 0.15) is 0 Å². The van der Waals surface area contributed by atoms with Crippen molar-refractivity contribution in [2.75, 3.05) is 25.4 Å². The number of aryl methyl sites for hydroxylation is 1. The third kappa shape index (κ3) is 4.30. The van der Waals surface area contributed by atoms with Crippen LogP contribution in [0.4, 0.5) is 0 Å². The van der Waals surface area contributed by atoms with Gasteiger partial charge in [-0.1, -0.05) is 19.1 Å². The van der Waals surface area contributed by atoms with Crippen LogP contribution >= 0.6 is 0 Å². The number of nitrogens with one attached hydrogen (secondary N) is 1. The van der Waals surface area contributed by atoms with Crippen LogP contribution in [0.5, 0.6) is 0 Å². The van der Waals surface area contributed by atoms with Gasteiger partial charge < -0.3 is 10.2 Å². The summed E-state index contributed by atoms with van der Waals surface area (Å²) in [5.74, 6) is 0.269. The highest BCUT2D eigenvalue weighted by molar-refractivity contribution is 7.91. The Morgan fingerprint density at radius 3 is 2.59 bits per heavy atom. The lowest BCUT2D eigenvalue weighted by Gasteiger charge is -2.32. The number of carbonyl (C=O) groups is 1. The number of sulfone groups is 1. The monoisotopic (exact) mass is 324 g/mol. The first-order chi connectivity index (χ1) is 10.4. The molecule has 0 spiro atoms. The summed E-state index contributed by atoms with van der Waals surface area (Å²) in [5, 5.41) is 3.32. The molecule has 6 heteroatoms. The zero-order chi connectivity index (χ0) is 16.2. The largest absolute Gasteiger partial charge is 0.340 e. The summed E-state index contributed by atoms with van der Waals surface area (Å²) in [7, 11) is -3.15. The Hall–Kier alpha value is -1.40. The summed E-state index contributed by atoms with van der Waals surface area (Å²) < 4.78 is 23.5. The maximum Gasteiger partial charge on any atom is 0.222 e. The van der Waals surface area contributed by atoms with Gasteiger partial charge in [-0.15, -0.1) is 0 Å². The molecule has 1 saturated heterocycles. The van der Waals surface area contributed by atoms with Crippen molar-refractivity contribution in [3.63, 3.8) is 0 Å². The predicted octanol–water partition coefficient (Wildman–Crippen LogP) is 1.23. The molecular formula is C16H24N2O3S. The van der Waals surface area contributed by atoms with Gasteiger partial charge in [-0.3, -0.25) is 4.79 Å². The highest BCUT2D eigenvalue weighted by Gasteiger charge is 2.20. The van der Waals surface area contributed by atoms with Crippen LogP contribution in [-0.2, 0) is 21.1 Å². The molecule has 1 N–H and O–H groups in total. The number of amides is 1. The van der Waals surface area contributed by atoms with E-state index in [0.29, 0.717) is 23.8 Å². The number of nitrogens with zero attached hydrogens (tertiary/aromatic N) is 1. The molecule has 1 fully saturated rings. The zero-order valence-corrected chi connectivity index (χ0v) is 14.0. The average Bonchev–Trinajstić information content (AvgIpc) is 2.53. The minimum absolute atomic E-state index is 0.103. The van der Waals surface area contributed by atoms with Crippen LogP contribution < -0.4 is 5.32 Å². The third-order valence-corrected chi connectivity index (χ3v) is 5.76. The van der Waals surface area contributed by atoms with Crippen molar-refractivity contribution in [2.45, 2.75) is 37.6 Å². The number of piperazine rings is 1. The molecule has 2 rings (SSSR count). The minimum atomic E-state index is -3.15. The summed E-state index contributed by atoms with van der Waals surface area (Å²) in [6.45, 7) is 6.07. The van der Waals surface area contributed by atoms with Crippen molar-refractivity contribution in [2.24, 2.45) is 0 Å². The highest BCUT2D eigenvalue weighted by atomic mass is 32.2. The molecule has 0 unspecified atom stereocenters. The smallest absolute Gasteiger partial charge is 0.222 e. The maximum atomic E-state index is 12.2. The lowest BCUT2D eigenvalue weighted by Crippen LogP contribution is -2.51. The minimum Gasteiger partial charge on any atom is -0.340 e. The summed E-state index contributed by atoms with van der Waals surface area (Å²) in [4.78, 5) is 14.4. The normalized spacial score (nSPS) is 19.2. The topological polar surface area (TPSA) is 66.5 Å². The summed E-state index contributed by atoms with van der Waals surface area (Å²) >= 11 is 0. The number of benzene rings is 1. The van der Waals surface area contributed by atoms with Gasteiger partial charge in [-0.2, -0.15) is 0 Å². The fourth-order valence-electron chi connectivity index (χ4n) is 2.60. The lowest BCUT2D eigenvalue weighted by molar-refractivity contribution is -0.132. The Morgan fingerprint density at radius 1 is 1.32 bits per heavy atom. The molecule has 5 nitrogen and oxygen atoms in total. The van der Waals surface area contributed by atoms with E-state index in [9.17, 15) is 13.2 Å². The van der Waals surface area contributed by atoms with Gasteiger partial charge in [0.25, 0.3) is 0 Å². The van der Waals surface area contributed by atoms with E-state index >= 15 is 0 Å². The van der Waals surface area contributed by atoms with Crippen molar-refractivity contribution in [3.05, 3.63) is 29.8 Å². The van der Waals surface area contributed by atoms with Crippen LogP contribution in [0.2, 0.25) is 0 Å². The molecule has 1 aliphatic rings. The predicted molar refractivity (Wildman–Crippen MR) is 86.5 cm³/mol. The molecule has 0 aliphatic carbocycles. The standard InChI is InChI=1S/C16H24N2O3S/c1-3-22(20,21)15-7-4-14(5-8-15)6-9-16(19)18-11-10-17-13(2)12-18/h4-5,7-8,13,17H,3,6,9-12H2,1-2H3/t13-/m1/s1. The number of carbonyl (C=O) groups excluding carboxylic acids is 1. The van der Waals surface area contributed by atoms with Crippen LogP contribution in [0.1, 0.15) is 25.8 Å². The summed E-state index contributed by atoms with van der Waals surface area (Å²) in [5.41, 5.74) is 0.992. The Labute approximate surface area is 132 Å². The van der Waals surface area contributed by atoms with E-state index in [1.54, 1.807) is 31.2 Å². The van der Waals surface area contributed by atoms with Crippen LogP contribution in [0.3, 0.4) is 0 Å². The van der Waals surface area contributed by atoms with Crippen molar-refractivity contribution in [1.82, 2.24) is 10.2 Å². The fraction of sp³-hybridized carbons (Fsp3) is 0.562. The second-order valence-corrected chi connectivity index (χ2v) is 8.02. The second-order valence-electron chi connectivity index (χ2n) is 5.74. The number of rotatable bonds is 5. The van der Waals surface area contributed by atoms with Crippen molar-refractivity contribution in [1.29, 1.82) is 0 Å². The first-order valence-corrected chi connectivity index (χ1v) is 9.40. The van der Waals surface area contributed by atoms with E-state index in [-0.39, 0.29) is 11.7 Å². The SMILES string of the molecule is CCS(=O)(=O)c1ccc(CCC(=O)N2CCN[C@H](C)C2)cc1. The van der Waals surface area contributed by atoms with E-state index in [1.165, 1.54) is 0 Å². The molecule has 1 amide bonds. The molecule has 0 radical (unpaired) electrons. The number of hydrogen-bond donors (Lipinski definition) is 1. The Morgan fingerprint density at radius 2 is 2.00 bits per heavy atom. The molecule has 1 atom stereocenters. The molecule has 122 valence electrons. The van der Waals surface area contributed by atoms with E-state index in [1.807, 2.05) is 4.90 Å². The van der Waals surface area contributed by atoms with E-state index < -0.39 is 9.84 Å². The van der Waals surface area contributed by atoms with E-state index in [4.69, 9.17) is 0 Å². The molecule has 0 saturated carbocycles. The second kappa shape index (κ2) is 7.24. The van der Waals surface area contributed by atoms with Gasteiger partial charge in [0.05, 0.1) is 10.6 Å². The number of hydrogen-bond acceptors (Lipinski definition) is 4. The van der Waals surface area contributed by atoms with Crippen LogP contribution in [0.25, 0.3) is 0 Å². The Bertz CT molecular complexity index is 611. The van der Waals surface area contributed by atoms with E-state index in [0.717, 1.165) is 25.2 Å². The van der Waals surface area contributed by atoms with Crippen molar-refractivity contribution in [3.8, 4) is 0 Å². The van der Waals surface area contributed by atoms with Gasteiger partial charge >= 0.3 is 0 Å². The van der Waals surface area contributed by atoms with E-state index in [2.05, 4.69) is 12.2 Å². The van der Waals surface area contributed by atoms with Crippen molar-refractivity contribution < 1.29 is 13.2 Å².